The van der Waals surface area contributed by atoms with Crippen LogP contribution in [0.2, 0.25) is 0 Å². The van der Waals surface area contributed by atoms with Gasteiger partial charge in [-0.3, -0.25) is 29.4 Å². The number of hydrogen-bond acceptors (Lipinski definition) is 4. The first kappa shape index (κ1) is 22.2. The Morgan fingerprint density at radius 2 is 1.68 bits per heavy atom. The third-order valence-electron chi connectivity index (χ3n) is 3.61. The molecule has 25 heavy (non-hydrogen) atoms. The smallest absolute Gasteiger partial charge is 0.262 e. The molecule has 0 aromatic heterocycles. The van der Waals surface area contributed by atoms with E-state index < -0.39 is 29.7 Å². The van der Waals surface area contributed by atoms with Crippen LogP contribution in [0.4, 0.5) is 0 Å². The van der Waals surface area contributed by atoms with Crippen molar-refractivity contribution < 1.29 is 19.2 Å². The number of nitrogens with zero attached hydrogens (tertiary/aromatic N) is 1. The number of piperidine rings is 1. The Morgan fingerprint density at radius 3 is 2.16 bits per heavy atom. The third kappa shape index (κ3) is 4.41. The molecule has 0 aromatic carbocycles. The number of imide groups is 2. The van der Waals surface area contributed by atoms with E-state index in [4.69, 9.17) is 0 Å². The van der Waals surface area contributed by atoms with E-state index in [1.165, 1.54) is 12.2 Å². The summed E-state index contributed by atoms with van der Waals surface area (Å²) in [7, 11) is 0. The second-order valence-electron chi connectivity index (χ2n) is 5.07. The molecule has 0 radical (unpaired) electrons. The monoisotopic (exact) mass is 346 g/mol. The van der Waals surface area contributed by atoms with Crippen LogP contribution >= 0.6 is 0 Å². The van der Waals surface area contributed by atoms with E-state index in [1.54, 1.807) is 13.0 Å². The van der Waals surface area contributed by atoms with Crippen molar-refractivity contribution in [3.8, 4) is 0 Å². The fourth-order valence-electron chi connectivity index (χ4n) is 2.42. The molecular weight excluding hydrogens is 320 g/mol. The summed E-state index contributed by atoms with van der Waals surface area (Å²) in [4.78, 5) is 48.9. The second-order valence-corrected chi connectivity index (χ2v) is 5.07. The summed E-state index contributed by atoms with van der Waals surface area (Å²) in [5.74, 6) is -2.17. The van der Waals surface area contributed by atoms with Crippen molar-refractivity contribution in [3.63, 3.8) is 0 Å². The topological polar surface area (TPSA) is 83.6 Å². The largest absolute Gasteiger partial charge is 0.295 e. The van der Waals surface area contributed by atoms with Crippen LogP contribution in [0.15, 0.2) is 48.1 Å². The fraction of sp³-hybridized carbons (Fsp3) is 0.368. The minimum Gasteiger partial charge on any atom is -0.295 e. The minimum absolute atomic E-state index is 0. The number of hydrogen-bond donors (Lipinski definition) is 1. The average molecular weight is 346 g/mol. The normalized spacial score (nSPS) is 20.5. The molecule has 1 saturated heterocycles. The minimum atomic E-state index is -0.970. The predicted octanol–water partition coefficient (Wildman–Crippen LogP) is 2.44. The molecule has 6 heteroatoms. The van der Waals surface area contributed by atoms with Gasteiger partial charge in [0.25, 0.3) is 11.8 Å². The predicted molar refractivity (Wildman–Crippen MR) is 97.3 cm³/mol. The van der Waals surface area contributed by atoms with Crippen LogP contribution in [0.5, 0.6) is 0 Å². The summed E-state index contributed by atoms with van der Waals surface area (Å²) in [6, 6.07) is -0.970. The molecule has 1 atom stereocenters. The second kappa shape index (κ2) is 9.52. The molecule has 0 aromatic rings. The Balaban J connectivity index is 0.00000185. The van der Waals surface area contributed by atoms with E-state index in [1.807, 2.05) is 13.8 Å². The number of carbonyl (C=O) groups excluding carboxylic acids is 4. The lowest BCUT2D eigenvalue weighted by Crippen LogP contribution is -2.54. The molecule has 1 fully saturated rings. The molecule has 0 bridgehead atoms. The van der Waals surface area contributed by atoms with Crippen LogP contribution < -0.4 is 5.32 Å². The molecule has 0 spiro atoms. The first-order valence-electron chi connectivity index (χ1n) is 7.79. The zero-order chi connectivity index (χ0) is 18.4. The van der Waals surface area contributed by atoms with E-state index in [0.29, 0.717) is 5.57 Å². The SMILES string of the molecule is C.C=CC1=C(/C=C(/C)C=C)C(=O)N(C2CCC(=O)NC2=O)C1=O.CC. The van der Waals surface area contributed by atoms with Gasteiger partial charge in [0, 0.05) is 6.42 Å². The highest BCUT2D eigenvalue weighted by Gasteiger charge is 2.44. The zero-order valence-electron chi connectivity index (χ0n) is 14.2. The van der Waals surface area contributed by atoms with E-state index in [-0.39, 0.29) is 31.4 Å². The molecule has 1 unspecified atom stereocenters. The number of amides is 4. The standard InChI is InChI=1S/C16H16N2O4.C2H6.CH4/c1-4-9(3)8-11-10(5-2)15(21)18(16(11)22)12-6-7-13(19)17-14(12)20;1-2;/h4-5,8,12H,1-2,6-7H2,3H3,(H,17,19,20);1-2H3;1H4/b9-8-;;. The quantitative estimate of drug-likeness (QED) is 0.626. The summed E-state index contributed by atoms with van der Waals surface area (Å²) in [6.45, 7) is 12.9. The summed E-state index contributed by atoms with van der Waals surface area (Å²) in [5.41, 5.74) is 1.04. The van der Waals surface area contributed by atoms with Gasteiger partial charge in [0.05, 0.1) is 11.1 Å². The highest BCUT2D eigenvalue weighted by atomic mass is 16.2. The van der Waals surface area contributed by atoms with Gasteiger partial charge in [-0.15, -0.1) is 0 Å². The maximum absolute atomic E-state index is 12.5. The van der Waals surface area contributed by atoms with Crippen molar-refractivity contribution in [1.82, 2.24) is 10.2 Å². The number of nitrogens with one attached hydrogen (secondary N) is 1. The maximum atomic E-state index is 12.5. The maximum Gasteiger partial charge on any atom is 0.262 e. The van der Waals surface area contributed by atoms with Crippen molar-refractivity contribution in [3.05, 3.63) is 48.1 Å². The Bertz CT molecular complexity index is 671. The summed E-state index contributed by atoms with van der Waals surface area (Å²) >= 11 is 0. The lowest BCUT2D eigenvalue weighted by molar-refractivity contribution is -0.149. The molecule has 6 nitrogen and oxygen atoms in total. The van der Waals surface area contributed by atoms with Crippen molar-refractivity contribution in [2.75, 3.05) is 0 Å². The van der Waals surface area contributed by atoms with Crippen molar-refractivity contribution in [2.45, 2.75) is 47.1 Å². The molecular formula is C19H26N2O4. The summed E-state index contributed by atoms with van der Waals surface area (Å²) in [6.07, 6.45) is 4.61. The molecule has 2 aliphatic heterocycles. The van der Waals surface area contributed by atoms with Crippen LogP contribution in [-0.4, -0.2) is 34.6 Å². The molecule has 2 rings (SSSR count). The third-order valence-corrected chi connectivity index (χ3v) is 3.61. The van der Waals surface area contributed by atoms with Crippen LogP contribution in [0.3, 0.4) is 0 Å². The zero-order valence-corrected chi connectivity index (χ0v) is 14.2. The summed E-state index contributed by atoms with van der Waals surface area (Å²) < 4.78 is 0. The molecule has 1 N–H and O–H groups in total. The van der Waals surface area contributed by atoms with E-state index in [2.05, 4.69) is 18.5 Å². The van der Waals surface area contributed by atoms with Crippen LogP contribution in [0.1, 0.15) is 41.0 Å². The molecule has 4 amide bonds. The first-order chi connectivity index (χ1) is 11.4. The van der Waals surface area contributed by atoms with Gasteiger partial charge >= 0.3 is 0 Å². The van der Waals surface area contributed by atoms with Gasteiger partial charge in [0.15, 0.2) is 0 Å². The Labute approximate surface area is 149 Å². The van der Waals surface area contributed by atoms with Crippen LogP contribution in [0, 0.1) is 0 Å². The number of rotatable bonds is 4. The van der Waals surface area contributed by atoms with Crippen LogP contribution in [-0.2, 0) is 19.2 Å². The molecule has 136 valence electrons. The Morgan fingerprint density at radius 1 is 1.12 bits per heavy atom. The van der Waals surface area contributed by atoms with Gasteiger partial charge in [-0.05, 0) is 19.4 Å². The van der Waals surface area contributed by atoms with Gasteiger partial charge in [-0.1, -0.05) is 52.2 Å². The molecule has 2 aliphatic rings. The van der Waals surface area contributed by atoms with E-state index in [0.717, 1.165) is 4.90 Å². The number of allylic oxidation sites excluding steroid dienone is 2. The number of carbonyl (C=O) groups is 4. The fourth-order valence-corrected chi connectivity index (χ4v) is 2.42. The Kier molecular flexibility index (Phi) is 8.46. The molecule has 2 heterocycles. The lowest BCUT2D eigenvalue weighted by Gasteiger charge is -2.28. The van der Waals surface area contributed by atoms with Gasteiger partial charge in [-0.25, -0.2) is 0 Å². The Hall–Kier alpha value is -2.76. The van der Waals surface area contributed by atoms with E-state index >= 15 is 0 Å². The van der Waals surface area contributed by atoms with Gasteiger partial charge in [-0.2, -0.15) is 0 Å². The highest BCUT2D eigenvalue weighted by molar-refractivity contribution is 6.24. The van der Waals surface area contributed by atoms with Gasteiger partial charge in [0.1, 0.15) is 6.04 Å². The van der Waals surface area contributed by atoms with Crippen molar-refractivity contribution in [1.29, 1.82) is 0 Å². The molecule has 0 aliphatic carbocycles. The average Bonchev–Trinajstić information content (AvgIpc) is 2.80. The summed E-state index contributed by atoms with van der Waals surface area (Å²) in [5, 5.41) is 2.15. The molecule has 0 saturated carbocycles. The van der Waals surface area contributed by atoms with E-state index in [9.17, 15) is 19.2 Å². The van der Waals surface area contributed by atoms with Crippen LogP contribution in [0.25, 0.3) is 0 Å². The first-order valence-corrected chi connectivity index (χ1v) is 7.79. The van der Waals surface area contributed by atoms with Gasteiger partial charge in [0.2, 0.25) is 11.8 Å². The van der Waals surface area contributed by atoms with Crippen molar-refractivity contribution >= 4 is 23.6 Å². The lowest BCUT2D eigenvalue weighted by atomic mass is 10.0. The van der Waals surface area contributed by atoms with Gasteiger partial charge < -0.3 is 0 Å². The highest BCUT2D eigenvalue weighted by Crippen LogP contribution is 2.28. The van der Waals surface area contributed by atoms with Crippen molar-refractivity contribution in [2.24, 2.45) is 0 Å².